The van der Waals surface area contributed by atoms with E-state index in [0.717, 1.165) is 25.0 Å². The van der Waals surface area contributed by atoms with Crippen LogP contribution in [-0.2, 0) is 6.42 Å². The summed E-state index contributed by atoms with van der Waals surface area (Å²) in [6.45, 7) is 4.36. The topological polar surface area (TPSA) is 24.9 Å². The highest BCUT2D eigenvalue weighted by atomic mass is 32.2. The predicted molar refractivity (Wildman–Crippen MR) is 85.9 cm³/mol. The van der Waals surface area contributed by atoms with E-state index in [1.54, 1.807) is 0 Å². The SMILES string of the molecule is CCSCCCNCCc1cccc2cccnc12. The summed E-state index contributed by atoms with van der Waals surface area (Å²) in [6, 6.07) is 10.6. The summed E-state index contributed by atoms with van der Waals surface area (Å²) in [4.78, 5) is 4.49. The van der Waals surface area contributed by atoms with Crippen molar-refractivity contribution in [1.29, 1.82) is 0 Å². The van der Waals surface area contributed by atoms with Gasteiger partial charge < -0.3 is 5.32 Å². The Kier molecular flexibility index (Phi) is 6.18. The summed E-state index contributed by atoms with van der Waals surface area (Å²) in [7, 11) is 0. The van der Waals surface area contributed by atoms with E-state index < -0.39 is 0 Å². The first-order valence-electron chi connectivity index (χ1n) is 7.03. The third-order valence-electron chi connectivity index (χ3n) is 3.13. The molecule has 0 aliphatic rings. The molecular formula is C16H22N2S. The van der Waals surface area contributed by atoms with Crippen molar-refractivity contribution in [2.45, 2.75) is 19.8 Å². The Morgan fingerprint density at radius 3 is 2.95 bits per heavy atom. The minimum atomic E-state index is 1.03. The van der Waals surface area contributed by atoms with Crippen molar-refractivity contribution in [3.05, 3.63) is 42.1 Å². The van der Waals surface area contributed by atoms with Gasteiger partial charge in [0.05, 0.1) is 5.52 Å². The van der Waals surface area contributed by atoms with Gasteiger partial charge in [0.2, 0.25) is 0 Å². The average molecular weight is 274 g/mol. The minimum Gasteiger partial charge on any atom is -0.316 e. The summed E-state index contributed by atoms with van der Waals surface area (Å²) in [5.74, 6) is 2.49. The first-order valence-corrected chi connectivity index (χ1v) is 8.18. The number of para-hydroxylation sites is 1. The molecule has 1 N–H and O–H groups in total. The van der Waals surface area contributed by atoms with Crippen LogP contribution in [0.5, 0.6) is 0 Å². The number of hydrogen-bond acceptors (Lipinski definition) is 3. The van der Waals surface area contributed by atoms with Gasteiger partial charge in [0.1, 0.15) is 0 Å². The zero-order valence-electron chi connectivity index (χ0n) is 11.6. The second-order valence-corrected chi connectivity index (χ2v) is 5.94. The summed E-state index contributed by atoms with van der Waals surface area (Å²) in [5.41, 5.74) is 2.49. The Balaban J connectivity index is 1.78. The highest BCUT2D eigenvalue weighted by Gasteiger charge is 2.00. The molecule has 19 heavy (non-hydrogen) atoms. The van der Waals surface area contributed by atoms with Gasteiger partial charge >= 0.3 is 0 Å². The second-order valence-electron chi connectivity index (χ2n) is 4.54. The first-order chi connectivity index (χ1) is 9.42. The molecule has 0 radical (unpaired) electrons. The van der Waals surface area contributed by atoms with Crippen LogP contribution in [0.15, 0.2) is 36.5 Å². The van der Waals surface area contributed by atoms with Crippen molar-refractivity contribution < 1.29 is 0 Å². The third-order valence-corrected chi connectivity index (χ3v) is 4.12. The van der Waals surface area contributed by atoms with E-state index >= 15 is 0 Å². The highest BCUT2D eigenvalue weighted by molar-refractivity contribution is 7.99. The lowest BCUT2D eigenvalue weighted by atomic mass is 10.1. The van der Waals surface area contributed by atoms with Crippen LogP contribution in [0.25, 0.3) is 10.9 Å². The normalized spacial score (nSPS) is 11.0. The van der Waals surface area contributed by atoms with Gasteiger partial charge in [-0.1, -0.05) is 31.2 Å². The molecule has 2 nitrogen and oxygen atoms in total. The van der Waals surface area contributed by atoms with Gasteiger partial charge in [-0.15, -0.1) is 0 Å². The Morgan fingerprint density at radius 2 is 2.05 bits per heavy atom. The Labute approximate surface area is 120 Å². The van der Waals surface area contributed by atoms with Gasteiger partial charge in [0.25, 0.3) is 0 Å². The van der Waals surface area contributed by atoms with Crippen LogP contribution in [0.3, 0.4) is 0 Å². The molecule has 0 saturated carbocycles. The number of thioether (sulfide) groups is 1. The van der Waals surface area contributed by atoms with Crippen LogP contribution in [-0.4, -0.2) is 29.6 Å². The number of aromatic nitrogens is 1. The van der Waals surface area contributed by atoms with E-state index in [4.69, 9.17) is 0 Å². The number of nitrogens with one attached hydrogen (secondary N) is 1. The maximum absolute atomic E-state index is 4.49. The molecule has 1 heterocycles. The van der Waals surface area contributed by atoms with Crippen LogP contribution in [0.1, 0.15) is 18.9 Å². The summed E-state index contributed by atoms with van der Waals surface area (Å²) in [5, 5.41) is 4.75. The molecule has 0 amide bonds. The lowest BCUT2D eigenvalue weighted by molar-refractivity contribution is 0.675. The maximum atomic E-state index is 4.49. The van der Waals surface area contributed by atoms with E-state index in [-0.39, 0.29) is 0 Å². The second kappa shape index (κ2) is 8.18. The van der Waals surface area contributed by atoms with Crippen molar-refractivity contribution in [3.8, 4) is 0 Å². The molecule has 1 aromatic carbocycles. The fourth-order valence-corrected chi connectivity index (χ4v) is 2.80. The monoisotopic (exact) mass is 274 g/mol. The van der Waals surface area contributed by atoms with Crippen molar-refractivity contribution in [3.63, 3.8) is 0 Å². The minimum absolute atomic E-state index is 1.03. The Bertz CT molecular complexity index is 494. The van der Waals surface area contributed by atoms with Crippen LogP contribution < -0.4 is 5.32 Å². The molecular weight excluding hydrogens is 252 g/mol. The summed E-state index contributed by atoms with van der Waals surface area (Å²) < 4.78 is 0. The molecule has 0 unspecified atom stereocenters. The van der Waals surface area contributed by atoms with Gasteiger partial charge in [-0.25, -0.2) is 0 Å². The lowest BCUT2D eigenvalue weighted by Crippen LogP contribution is -2.19. The standard InChI is InChI=1S/C16H22N2S/c1-2-19-13-5-10-17-12-9-15-7-3-6-14-8-4-11-18-16(14)15/h3-4,6-8,11,17H,2,5,9-10,12-13H2,1H3. The molecule has 3 heteroatoms. The molecule has 1 aromatic heterocycles. The van der Waals surface area contributed by atoms with Gasteiger partial charge in [-0.05, 0) is 49.1 Å². The molecule has 0 aliphatic heterocycles. The van der Waals surface area contributed by atoms with E-state index in [1.807, 2.05) is 24.0 Å². The average Bonchev–Trinajstić information content (AvgIpc) is 2.46. The van der Waals surface area contributed by atoms with E-state index in [1.165, 1.54) is 28.9 Å². The summed E-state index contributed by atoms with van der Waals surface area (Å²) in [6.07, 6.45) is 4.18. The first kappa shape index (κ1) is 14.4. The Morgan fingerprint density at radius 1 is 1.16 bits per heavy atom. The molecule has 102 valence electrons. The molecule has 0 spiro atoms. The van der Waals surface area contributed by atoms with E-state index in [0.29, 0.717) is 0 Å². The van der Waals surface area contributed by atoms with E-state index in [2.05, 4.69) is 41.5 Å². The fraction of sp³-hybridized carbons (Fsp3) is 0.438. The third kappa shape index (κ3) is 4.51. The smallest absolute Gasteiger partial charge is 0.0734 e. The van der Waals surface area contributed by atoms with Crippen LogP contribution in [0, 0.1) is 0 Å². The van der Waals surface area contributed by atoms with Crippen LogP contribution in [0.2, 0.25) is 0 Å². The van der Waals surface area contributed by atoms with Gasteiger partial charge in [-0.3, -0.25) is 4.98 Å². The molecule has 0 aliphatic carbocycles. The predicted octanol–water partition coefficient (Wildman–Crippen LogP) is 3.51. The molecule has 0 saturated heterocycles. The van der Waals surface area contributed by atoms with Gasteiger partial charge in [0, 0.05) is 11.6 Å². The number of benzene rings is 1. The van der Waals surface area contributed by atoms with Crippen molar-refractivity contribution in [1.82, 2.24) is 10.3 Å². The molecule has 0 atom stereocenters. The number of fused-ring (bicyclic) bond motifs is 1. The fourth-order valence-electron chi connectivity index (χ4n) is 2.16. The largest absolute Gasteiger partial charge is 0.316 e. The van der Waals surface area contributed by atoms with Crippen molar-refractivity contribution in [2.75, 3.05) is 24.6 Å². The number of rotatable bonds is 8. The molecule has 2 rings (SSSR count). The maximum Gasteiger partial charge on any atom is 0.0734 e. The van der Waals surface area contributed by atoms with Gasteiger partial charge in [0.15, 0.2) is 0 Å². The molecule has 2 aromatic rings. The molecule has 0 bridgehead atoms. The highest BCUT2D eigenvalue weighted by Crippen LogP contribution is 2.15. The van der Waals surface area contributed by atoms with Crippen molar-refractivity contribution in [2.24, 2.45) is 0 Å². The number of hydrogen-bond donors (Lipinski definition) is 1. The summed E-state index contributed by atoms with van der Waals surface area (Å²) >= 11 is 2.01. The lowest BCUT2D eigenvalue weighted by Gasteiger charge is -2.07. The van der Waals surface area contributed by atoms with Crippen LogP contribution in [0.4, 0.5) is 0 Å². The van der Waals surface area contributed by atoms with Gasteiger partial charge in [-0.2, -0.15) is 11.8 Å². The number of pyridine rings is 1. The quantitative estimate of drug-likeness (QED) is 0.746. The Hall–Kier alpha value is -1.06. The molecule has 0 fully saturated rings. The van der Waals surface area contributed by atoms with Crippen molar-refractivity contribution >= 4 is 22.7 Å². The zero-order chi connectivity index (χ0) is 13.3. The van der Waals surface area contributed by atoms with Crippen LogP contribution >= 0.6 is 11.8 Å². The number of nitrogens with zero attached hydrogens (tertiary/aromatic N) is 1. The van der Waals surface area contributed by atoms with E-state index in [9.17, 15) is 0 Å². The zero-order valence-corrected chi connectivity index (χ0v) is 12.4.